The van der Waals surface area contributed by atoms with Gasteiger partial charge in [0.1, 0.15) is 11.2 Å². The van der Waals surface area contributed by atoms with Crippen molar-refractivity contribution >= 4 is 65.3 Å². The molecule has 0 atom stereocenters. The molecule has 0 aliphatic rings. The molecule has 0 fully saturated rings. The standard InChI is InChI=1S/C26H15NO/c1-3-7-17-13-22-19(11-15(17)5-1)25-21(27-22)9-10-23-26(25)20-12-16-6-2-4-8-18(16)14-24(20)28-23/h1-14,27H. The fourth-order valence-electron chi connectivity index (χ4n) is 4.63. The molecule has 7 aromatic rings. The number of H-pyrrole nitrogens is 1. The van der Waals surface area contributed by atoms with Crippen LogP contribution in [-0.4, -0.2) is 4.98 Å². The highest BCUT2D eigenvalue weighted by molar-refractivity contribution is 6.28. The molecule has 0 bridgehead atoms. The van der Waals surface area contributed by atoms with E-state index >= 15 is 0 Å². The van der Waals surface area contributed by atoms with Crippen LogP contribution in [0.4, 0.5) is 0 Å². The number of hydrogen-bond acceptors (Lipinski definition) is 1. The van der Waals surface area contributed by atoms with Crippen LogP contribution in [-0.2, 0) is 0 Å². The molecule has 1 N–H and O–H groups in total. The Morgan fingerprint density at radius 2 is 1.14 bits per heavy atom. The van der Waals surface area contributed by atoms with E-state index in [1.165, 1.54) is 43.1 Å². The number of fused-ring (bicyclic) bond motifs is 9. The lowest BCUT2D eigenvalue weighted by molar-refractivity contribution is 0.670. The SMILES string of the molecule is c1ccc2cc3c(cc2c1)[nH]c1ccc2oc4cc5ccccc5cc4c2c13. The van der Waals surface area contributed by atoms with Crippen molar-refractivity contribution in [3.63, 3.8) is 0 Å². The number of furan rings is 1. The second-order valence-corrected chi connectivity index (χ2v) is 7.53. The average molecular weight is 357 g/mol. The Morgan fingerprint density at radius 1 is 0.500 bits per heavy atom. The molecule has 7 rings (SSSR count). The highest BCUT2D eigenvalue weighted by atomic mass is 16.3. The maximum Gasteiger partial charge on any atom is 0.136 e. The zero-order valence-electron chi connectivity index (χ0n) is 15.0. The van der Waals surface area contributed by atoms with Gasteiger partial charge in [-0.15, -0.1) is 0 Å². The molecule has 0 saturated heterocycles. The van der Waals surface area contributed by atoms with Gasteiger partial charge in [0.25, 0.3) is 0 Å². The maximum absolute atomic E-state index is 6.26. The van der Waals surface area contributed by atoms with Crippen molar-refractivity contribution in [3.8, 4) is 0 Å². The molecular weight excluding hydrogens is 342 g/mol. The summed E-state index contributed by atoms with van der Waals surface area (Å²) in [6.07, 6.45) is 0. The van der Waals surface area contributed by atoms with E-state index in [0.29, 0.717) is 0 Å². The van der Waals surface area contributed by atoms with Gasteiger partial charge in [0.15, 0.2) is 0 Å². The van der Waals surface area contributed by atoms with Crippen LogP contribution in [0.3, 0.4) is 0 Å². The van der Waals surface area contributed by atoms with Gasteiger partial charge >= 0.3 is 0 Å². The average Bonchev–Trinajstić information content (AvgIpc) is 3.27. The molecule has 2 heterocycles. The van der Waals surface area contributed by atoms with Gasteiger partial charge in [0, 0.05) is 32.6 Å². The lowest BCUT2D eigenvalue weighted by Crippen LogP contribution is -1.75. The van der Waals surface area contributed by atoms with E-state index in [9.17, 15) is 0 Å². The molecule has 2 nitrogen and oxygen atoms in total. The third-order valence-corrected chi connectivity index (χ3v) is 5.93. The lowest BCUT2D eigenvalue weighted by atomic mass is 10.0. The van der Waals surface area contributed by atoms with Crippen molar-refractivity contribution in [2.45, 2.75) is 0 Å². The van der Waals surface area contributed by atoms with Crippen LogP contribution in [0.2, 0.25) is 0 Å². The van der Waals surface area contributed by atoms with Crippen molar-refractivity contribution in [3.05, 3.63) is 84.9 Å². The number of aromatic nitrogens is 1. The van der Waals surface area contributed by atoms with Crippen LogP contribution >= 0.6 is 0 Å². The first-order valence-corrected chi connectivity index (χ1v) is 9.53. The van der Waals surface area contributed by atoms with Crippen molar-refractivity contribution in [2.24, 2.45) is 0 Å². The van der Waals surface area contributed by atoms with E-state index in [4.69, 9.17) is 4.42 Å². The molecule has 5 aromatic carbocycles. The van der Waals surface area contributed by atoms with Gasteiger partial charge in [-0.05, 0) is 57.9 Å². The van der Waals surface area contributed by atoms with Crippen LogP contribution < -0.4 is 0 Å². The Morgan fingerprint density at radius 3 is 1.89 bits per heavy atom. The number of nitrogens with one attached hydrogen (secondary N) is 1. The summed E-state index contributed by atoms with van der Waals surface area (Å²) in [4.78, 5) is 3.61. The minimum atomic E-state index is 0.937. The van der Waals surface area contributed by atoms with Crippen molar-refractivity contribution in [2.75, 3.05) is 0 Å². The predicted molar refractivity (Wildman–Crippen MR) is 118 cm³/mol. The zero-order chi connectivity index (χ0) is 18.2. The van der Waals surface area contributed by atoms with Crippen LogP contribution in [0.5, 0.6) is 0 Å². The summed E-state index contributed by atoms with van der Waals surface area (Å²) in [5.74, 6) is 0. The quantitative estimate of drug-likeness (QED) is 0.299. The third-order valence-electron chi connectivity index (χ3n) is 5.93. The second kappa shape index (κ2) is 4.93. The molecule has 0 aliphatic heterocycles. The second-order valence-electron chi connectivity index (χ2n) is 7.53. The lowest BCUT2D eigenvalue weighted by Gasteiger charge is -2.00. The van der Waals surface area contributed by atoms with Crippen LogP contribution in [0.15, 0.2) is 89.3 Å². The van der Waals surface area contributed by atoms with E-state index in [2.05, 4.69) is 89.9 Å². The first-order valence-electron chi connectivity index (χ1n) is 9.53. The summed E-state index contributed by atoms with van der Waals surface area (Å²) >= 11 is 0. The molecule has 130 valence electrons. The Hall–Kier alpha value is -3.78. The zero-order valence-corrected chi connectivity index (χ0v) is 15.0. The first-order chi connectivity index (χ1) is 13.8. The summed E-state index contributed by atoms with van der Waals surface area (Å²) in [5.41, 5.74) is 4.19. The highest BCUT2D eigenvalue weighted by Crippen LogP contribution is 2.40. The van der Waals surface area contributed by atoms with Crippen LogP contribution in [0.1, 0.15) is 0 Å². The predicted octanol–water partition coefficient (Wildman–Crippen LogP) is 7.53. The highest BCUT2D eigenvalue weighted by Gasteiger charge is 2.15. The summed E-state index contributed by atoms with van der Waals surface area (Å²) in [7, 11) is 0. The third kappa shape index (κ3) is 1.77. The van der Waals surface area contributed by atoms with Gasteiger partial charge in [-0.3, -0.25) is 0 Å². The fourth-order valence-corrected chi connectivity index (χ4v) is 4.63. The summed E-state index contributed by atoms with van der Waals surface area (Å²) in [5, 5.41) is 9.80. The first kappa shape index (κ1) is 14.3. The smallest absolute Gasteiger partial charge is 0.136 e. The van der Waals surface area contributed by atoms with Crippen molar-refractivity contribution < 1.29 is 4.42 Å². The van der Waals surface area contributed by atoms with E-state index < -0.39 is 0 Å². The van der Waals surface area contributed by atoms with Gasteiger partial charge in [-0.25, -0.2) is 0 Å². The van der Waals surface area contributed by atoms with Gasteiger partial charge < -0.3 is 9.40 Å². The molecule has 0 radical (unpaired) electrons. The Labute approximate surface area is 160 Å². The van der Waals surface area contributed by atoms with Crippen LogP contribution in [0, 0.1) is 0 Å². The fraction of sp³-hybridized carbons (Fsp3) is 0. The minimum Gasteiger partial charge on any atom is -0.456 e. The Bertz CT molecular complexity index is 1590. The molecule has 0 spiro atoms. The van der Waals surface area contributed by atoms with Crippen molar-refractivity contribution in [1.82, 2.24) is 4.98 Å². The molecule has 2 heteroatoms. The molecular formula is C26H15NO. The topological polar surface area (TPSA) is 28.9 Å². The normalized spacial score (nSPS) is 12.3. The number of hydrogen-bond donors (Lipinski definition) is 1. The van der Waals surface area contributed by atoms with Gasteiger partial charge in [0.2, 0.25) is 0 Å². The molecule has 0 unspecified atom stereocenters. The van der Waals surface area contributed by atoms with Crippen molar-refractivity contribution in [1.29, 1.82) is 0 Å². The molecule has 0 amide bonds. The van der Waals surface area contributed by atoms with Gasteiger partial charge in [-0.2, -0.15) is 0 Å². The summed E-state index contributed by atoms with van der Waals surface area (Å²) in [6, 6.07) is 30.1. The number of benzene rings is 5. The number of rotatable bonds is 0. The minimum absolute atomic E-state index is 0.937. The Kier molecular flexibility index (Phi) is 2.52. The summed E-state index contributed by atoms with van der Waals surface area (Å²) in [6.45, 7) is 0. The van der Waals surface area contributed by atoms with Gasteiger partial charge in [0.05, 0.1) is 0 Å². The van der Waals surface area contributed by atoms with E-state index in [0.717, 1.165) is 22.2 Å². The van der Waals surface area contributed by atoms with E-state index in [1.807, 2.05) is 0 Å². The molecule has 0 saturated carbocycles. The van der Waals surface area contributed by atoms with Gasteiger partial charge in [-0.1, -0.05) is 48.5 Å². The number of aromatic amines is 1. The maximum atomic E-state index is 6.26. The van der Waals surface area contributed by atoms with E-state index in [1.54, 1.807) is 0 Å². The molecule has 0 aliphatic carbocycles. The van der Waals surface area contributed by atoms with Crippen LogP contribution in [0.25, 0.3) is 65.3 Å². The molecule has 2 aromatic heterocycles. The Balaban J connectivity index is 1.74. The monoisotopic (exact) mass is 357 g/mol. The summed E-state index contributed by atoms with van der Waals surface area (Å²) < 4.78 is 6.26. The van der Waals surface area contributed by atoms with E-state index in [-0.39, 0.29) is 0 Å². The molecule has 28 heavy (non-hydrogen) atoms. The largest absolute Gasteiger partial charge is 0.456 e.